The minimum atomic E-state index is 0.794. The van der Waals surface area contributed by atoms with E-state index in [0.29, 0.717) is 0 Å². The summed E-state index contributed by atoms with van der Waals surface area (Å²) in [5.41, 5.74) is 5.73. The van der Waals surface area contributed by atoms with Gasteiger partial charge < -0.3 is 0 Å². The van der Waals surface area contributed by atoms with Crippen molar-refractivity contribution in [1.82, 2.24) is 0 Å². The summed E-state index contributed by atoms with van der Waals surface area (Å²) in [5, 5.41) is 3.02. The van der Waals surface area contributed by atoms with E-state index < -0.39 is 0 Å². The Bertz CT molecular complexity index is 658. The maximum Gasteiger partial charge on any atom is 0.110 e. The molecule has 0 aromatic heterocycles. The largest absolute Gasteiger partial charge is 0.110 e. The first-order valence-electron chi connectivity index (χ1n) is 8.89. The van der Waals surface area contributed by atoms with Crippen LogP contribution in [0, 0.1) is 27.7 Å². The van der Waals surface area contributed by atoms with Crippen molar-refractivity contribution in [2.75, 3.05) is 0 Å². The predicted molar refractivity (Wildman–Crippen MR) is 110 cm³/mol. The molecule has 0 aliphatic carbocycles. The fourth-order valence-corrected chi connectivity index (χ4v) is 5.91. The van der Waals surface area contributed by atoms with Crippen LogP contribution in [0.2, 0.25) is 0 Å². The molecular weight excluding hydrogens is 320 g/mol. The van der Waals surface area contributed by atoms with Crippen molar-refractivity contribution in [2.45, 2.75) is 53.9 Å². The summed E-state index contributed by atoms with van der Waals surface area (Å²) < 4.78 is 0. The molecule has 124 valence electrons. The Morgan fingerprint density at radius 1 is 0.833 bits per heavy atom. The lowest BCUT2D eigenvalue weighted by Gasteiger charge is -2.13. The van der Waals surface area contributed by atoms with Crippen LogP contribution in [0.5, 0.6) is 0 Å². The van der Waals surface area contributed by atoms with Gasteiger partial charge in [0.15, 0.2) is 0 Å². The van der Waals surface area contributed by atoms with Crippen LogP contribution in [-0.2, 0) is 0 Å². The lowest BCUT2D eigenvalue weighted by atomic mass is 10.1. The van der Waals surface area contributed by atoms with Crippen molar-refractivity contribution in [2.24, 2.45) is 0 Å². The number of benzene rings is 2. The van der Waals surface area contributed by atoms with Crippen molar-refractivity contribution < 1.29 is 0 Å². The molecule has 0 amide bonds. The van der Waals surface area contributed by atoms with Crippen molar-refractivity contribution in [3.05, 3.63) is 69.5 Å². The average molecular weight is 349 g/mol. The molecule has 4 radical (unpaired) electrons. The molecule has 0 nitrogen and oxygen atoms in total. The van der Waals surface area contributed by atoms with Gasteiger partial charge in [0.25, 0.3) is 0 Å². The maximum absolute atomic E-state index is 2.52. The molecule has 2 aromatic carbocycles. The van der Waals surface area contributed by atoms with E-state index in [1.54, 1.807) is 4.82 Å². The number of unbranched alkanes of at least 4 members (excludes halogenated alkanes) is 2. The first-order chi connectivity index (χ1) is 11.5. The van der Waals surface area contributed by atoms with E-state index in [1.807, 2.05) is 0 Å². The van der Waals surface area contributed by atoms with Crippen molar-refractivity contribution in [1.29, 1.82) is 0 Å². The minimum absolute atomic E-state index is 0.794. The van der Waals surface area contributed by atoms with Crippen molar-refractivity contribution in [3.63, 3.8) is 0 Å². The van der Waals surface area contributed by atoms with Crippen LogP contribution in [0.4, 0.5) is 0 Å². The van der Waals surface area contributed by atoms with E-state index in [1.165, 1.54) is 51.9 Å². The van der Waals surface area contributed by atoms with Crippen molar-refractivity contribution in [3.8, 4) is 0 Å². The first kappa shape index (κ1) is 18.9. The third kappa shape index (κ3) is 5.05. The molecule has 0 saturated carbocycles. The Morgan fingerprint density at radius 2 is 1.33 bits per heavy atom. The molecular formula is C22H28Si2. The van der Waals surface area contributed by atoms with Gasteiger partial charge in [0.2, 0.25) is 0 Å². The summed E-state index contributed by atoms with van der Waals surface area (Å²) in [6, 6.07) is 13.5. The summed E-state index contributed by atoms with van der Waals surface area (Å²) in [5.74, 6) is 0. The normalized spacial score (nSPS) is 10.7. The van der Waals surface area contributed by atoms with Gasteiger partial charge in [-0.2, -0.15) is 0 Å². The maximum atomic E-state index is 2.52. The van der Waals surface area contributed by atoms with Gasteiger partial charge in [0.05, 0.1) is 0 Å². The zero-order valence-electron chi connectivity index (χ0n) is 15.7. The molecule has 0 unspecified atom stereocenters. The highest BCUT2D eigenvalue weighted by atomic mass is 28.3. The number of hydrogen-bond donors (Lipinski definition) is 0. The fourth-order valence-electron chi connectivity index (χ4n) is 2.65. The van der Waals surface area contributed by atoms with Crippen LogP contribution < -0.4 is 10.4 Å². The van der Waals surface area contributed by atoms with Gasteiger partial charge in [0, 0.05) is 0 Å². The minimum Gasteiger partial charge on any atom is -0.0931 e. The monoisotopic (exact) mass is 348 g/mol. The highest BCUT2D eigenvalue weighted by molar-refractivity contribution is 6.82. The standard InChI is InChI=1S/C22H28Si2/c1-6-7-8-15-22(23-20-13-9-11-16(2)18(20)4)24-21-14-10-12-17(3)19(21)5/h9-15H,6-8H2,1-5H3. The second kappa shape index (κ2) is 9.19. The molecule has 2 rings (SSSR count). The summed E-state index contributed by atoms with van der Waals surface area (Å²) in [6.07, 6.45) is 6.28. The molecule has 0 spiro atoms. The predicted octanol–water partition coefficient (Wildman–Crippen LogP) is 4.31. The quantitative estimate of drug-likeness (QED) is 0.516. The van der Waals surface area contributed by atoms with E-state index in [2.05, 4.69) is 77.1 Å². The first-order valence-corrected chi connectivity index (χ1v) is 10.9. The number of hydrogen-bond acceptors (Lipinski definition) is 0. The molecule has 0 heterocycles. The lowest BCUT2D eigenvalue weighted by Crippen LogP contribution is -2.29. The molecule has 24 heavy (non-hydrogen) atoms. The Hall–Kier alpha value is -1.39. The lowest BCUT2D eigenvalue weighted by molar-refractivity contribution is 0.815. The summed E-state index contributed by atoms with van der Waals surface area (Å²) in [6.45, 7) is 11.2. The topological polar surface area (TPSA) is 0 Å². The van der Waals surface area contributed by atoms with Gasteiger partial charge in [-0.15, -0.1) is 0 Å². The molecule has 2 heteroatoms. The van der Waals surface area contributed by atoms with E-state index in [0.717, 1.165) is 19.0 Å². The second-order valence-electron chi connectivity index (χ2n) is 6.50. The molecule has 0 saturated heterocycles. The molecule has 2 aromatic rings. The zero-order valence-corrected chi connectivity index (χ0v) is 17.7. The van der Waals surface area contributed by atoms with E-state index in [4.69, 9.17) is 0 Å². The average Bonchev–Trinajstić information content (AvgIpc) is 2.56. The van der Waals surface area contributed by atoms with Crippen LogP contribution in [0.3, 0.4) is 0 Å². The third-order valence-corrected chi connectivity index (χ3v) is 7.97. The van der Waals surface area contributed by atoms with Crippen molar-refractivity contribution >= 4 is 29.4 Å². The Labute approximate surface area is 153 Å². The molecule has 0 atom stereocenters. The zero-order chi connectivity index (χ0) is 17.5. The number of allylic oxidation sites excluding steroid dienone is 1. The molecule has 0 bridgehead atoms. The van der Waals surface area contributed by atoms with Gasteiger partial charge in [-0.3, -0.25) is 0 Å². The summed E-state index contributed by atoms with van der Waals surface area (Å²) in [4.78, 5) is 1.62. The smallest absolute Gasteiger partial charge is 0.0931 e. The van der Waals surface area contributed by atoms with Crippen LogP contribution in [0.25, 0.3) is 0 Å². The van der Waals surface area contributed by atoms with Gasteiger partial charge in [-0.05, 0) is 56.4 Å². The fraction of sp³-hybridized carbons (Fsp3) is 0.364. The third-order valence-electron chi connectivity index (χ3n) is 4.65. The Morgan fingerprint density at radius 3 is 1.79 bits per heavy atom. The van der Waals surface area contributed by atoms with Gasteiger partial charge in [-0.1, -0.05) is 77.4 Å². The molecule has 0 aliphatic rings. The van der Waals surface area contributed by atoms with E-state index in [9.17, 15) is 0 Å². The molecule has 0 N–H and O–H groups in total. The van der Waals surface area contributed by atoms with E-state index in [-0.39, 0.29) is 0 Å². The van der Waals surface area contributed by atoms with Crippen LogP contribution in [-0.4, -0.2) is 19.0 Å². The second-order valence-corrected chi connectivity index (χ2v) is 9.66. The molecule has 0 fully saturated rings. The van der Waals surface area contributed by atoms with Gasteiger partial charge in [-0.25, -0.2) is 0 Å². The number of aryl methyl sites for hydroxylation is 2. The van der Waals surface area contributed by atoms with Gasteiger partial charge >= 0.3 is 0 Å². The summed E-state index contributed by atoms with van der Waals surface area (Å²) in [7, 11) is 1.59. The highest BCUT2D eigenvalue weighted by Crippen LogP contribution is 2.08. The highest BCUT2D eigenvalue weighted by Gasteiger charge is 2.10. The molecule has 0 aliphatic heterocycles. The Balaban J connectivity index is 2.26. The summed E-state index contributed by atoms with van der Waals surface area (Å²) >= 11 is 0. The SMILES string of the molecule is CCCCC=C([Si]c1cccc(C)c1C)[Si]c1cccc(C)c1C. The van der Waals surface area contributed by atoms with Crippen LogP contribution in [0.1, 0.15) is 48.4 Å². The van der Waals surface area contributed by atoms with Gasteiger partial charge in [0.1, 0.15) is 19.0 Å². The number of rotatable bonds is 7. The Kier molecular flexibility index (Phi) is 7.25. The van der Waals surface area contributed by atoms with Crippen LogP contribution >= 0.6 is 0 Å². The van der Waals surface area contributed by atoms with Crippen LogP contribution in [0.15, 0.2) is 47.3 Å². The van der Waals surface area contributed by atoms with E-state index >= 15 is 0 Å².